The second kappa shape index (κ2) is 3.82. The van der Waals surface area contributed by atoms with Gasteiger partial charge in [-0.3, -0.25) is 0 Å². The van der Waals surface area contributed by atoms with Crippen LogP contribution in [0.15, 0.2) is 29.3 Å². The molecular formula is C9H6BrNS2. The molecule has 1 heterocycles. The molecule has 0 fully saturated rings. The molecule has 0 radical (unpaired) electrons. The predicted octanol–water partition coefficient (Wildman–Crippen LogP) is 3.82. The first kappa shape index (κ1) is 9.24. The smallest absolute Gasteiger partial charge is 0.143 e. The van der Waals surface area contributed by atoms with E-state index in [1.807, 2.05) is 23.2 Å². The molecule has 4 heteroatoms. The fourth-order valence-corrected chi connectivity index (χ4v) is 2.78. The van der Waals surface area contributed by atoms with Gasteiger partial charge in [-0.05, 0) is 11.1 Å². The second-order valence-corrected chi connectivity index (χ2v) is 4.71. The summed E-state index contributed by atoms with van der Waals surface area (Å²) in [5, 5.41) is 3.16. The van der Waals surface area contributed by atoms with Crippen LogP contribution in [-0.2, 0) is 0 Å². The summed E-state index contributed by atoms with van der Waals surface area (Å²) in [6.07, 6.45) is 0. The molecule has 0 atom stereocenters. The third-order valence-corrected chi connectivity index (χ3v) is 3.69. The summed E-state index contributed by atoms with van der Waals surface area (Å²) in [5.74, 6) is 0. The standard InChI is InChI=1S/C9H6BrNS2/c10-5-8-6-3-1-2-4-7(6)11-9(12)13-8/h1-5H,(H,11,12)/b8-5-. The van der Waals surface area contributed by atoms with Crippen LogP contribution >= 0.6 is 39.9 Å². The average Bonchev–Trinajstić information content (AvgIpc) is 2.16. The highest BCUT2D eigenvalue weighted by Crippen LogP contribution is 2.38. The summed E-state index contributed by atoms with van der Waals surface area (Å²) in [4.78, 5) is 3.06. The Labute approximate surface area is 94.7 Å². The van der Waals surface area contributed by atoms with Gasteiger partial charge >= 0.3 is 0 Å². The Kier molecular flexibility index (Phi) is 2.71. The number of rotatable bonds is 0. The summed E-state index contributed by atoms with van der Waals surface area (Å²) in [6, 6.07) is 8.12. The maximum atomic E-state index is 5.12. The highest BCUT2D eigenvalue weighted by atomic mass is 79.9. The number of fused-ring (bicyclic) bond motifs is 1. The predicted molar refractivity (Wildman–Crippen MR) is 67.2 cm³/mol. The van der Waals surface area contributed by atoms with Gasteiger partial charge in [0.2, 0.25) is 0 Å². The molecule has 0 saturated carbocycles. The van der Waals surface area contributed by atoms with E-state index in [0.717, 1.165) is 14.9 Å². The van der Waals surface area contributed by atoms with E-state index in [0.29, 0.717) is 0 Å². The van der Waals surface area contributed by atoms with E-state index in [4.69, 9.17) is 12.2 Å². The lowest BCUT2D eigenvalue weighted by Crippen LogP contribution is -2.11. The Morgan fingerprint density at radius 3 is 2.92 bits per heavy atom. The molecule has 0 bridgehead atoms. The van der Waals surface area contributed by atoms with E-state index in [1.165, 1.54) is 5.56 Å². The number of halogens is 1. The number of thioether (sulfide) groups is 1. The van der Waals surface area contributed by atoms with E-state index < -0.39 is 0 Å². The minimum absolute atomic E-state index is 0.796. The molecule has 1 nitrogen and oxygen atoms in total. The van der Waals surface area contributed by atoms with Crippen LogP contribution in [0, 0.1) is 0 Å². The molecule has 1 aliphatic rings. The van der Waals surface area contributed by atoms with Gasteiger partial charge in [-0.25, -0.2) is 0 Å². The monoisotopic (exact) mass is 271 g/mol. The van der Waals surface area contributed by atoms with Crippen LogP contribution in [-0.4, -0.2) is 4.32 Å². The molecule has 1 aromatic rings. The highest BCUT2D eigenvalue weighted by Gasteiger charge is 2.16. The molecule has 0 saturated heterocycles. The zero-order valence-electron chi connectivity index (χ0n) is 6.58. The third-order valence-electron chi connectivity index (χ3n) is 1.73. The van der Waals surface area contributed by atoms with E-state index in [1.54, 1.807) is 11.8 Å². The summed E-state index contributed by atoms with van der Waals surface area (Å²) in [5.41, 5.74) is 2.27. The fourth-order valence-electron chi connectivity index (χ4n) is 1.18. The molecular weight excluding hydrogens is 266 g/mol. The van der Waals surface area contributed by atoms with Crippen molar-refractivity contribution in [1.29, 1.82) is 0 Å². The molecule has 66 valence electrons. The summed E-state index contributed by atoms with van der Waals surface area (Å²) in [7, 11) is 0. The highest BCUT2D eigenvalue weighted by molar-refractivity contribution is 9.11. The number of benzene rings is 1. The largest absolute Gasteiger partial charge is 0.340 e. The minimum atomic E-state index is 0.796. The third kappa shape index (κ3) is 1.80. The minimum Gasteiger partial charge on any atom is -0.340 e. The lowest BCUT2D eigenvalue weighted by molar-refractivity contribution is 1.61. The maximum absolute atomic E-state index is 5.12. The Morgan fingerprint density at radius 2 is 2.15 bits per heavy atom. The van der Waals surface area contributed by atoms with E-state index in [-0.39, 0.29) is 0 Å². The molecule has 0 spiro atoms. The van der Waals surface area contributed by atoms with E-state index in [9.17, 15) is 0 Å². The zero-order valence-corrected chi connectivity index (χ0v) is 9.80. The number of nitrogens with one attached hydrogen (secondary N) is 1. The number of para-hydroxylation sites is 1. The fraction of sp³-hybridized carbons (Fsp3) is 0. The van der Waals surface area contributed by atoms with Gasteiger partial charge in [0, 0.05) is 16.2 Å². The first-order chi connectivity index (χ1) is 6.31. The Morgan fingerprint density at radius 1 is 1.38 bits per heavy atom. The lowest BCUT2D eigenvalue weighted by Gasteiger charge is -2.19. The summed E-state index contributed by atoms with van der Waals surface area (Å²) < 4.78 is 0.796. The van der Waals surface area contributed by atoms with Crippen LogP contribution in [0.25, 0.3) is 4.91 Å². The number of anilines is 1. The van der Waals surface area contributed by atoms with Crippen LogP contribution in [0.5, 0.6) is 0 Å². The number of hydrogen-bond donors (Lipinski definition) is 1. The van der Waals surface area contributed by atoms with E-state index >= 15 is 0 Å². The molecule has 0 amide bonds. The van der Waals surface area contributed by atoms with Crippen molar-refractivity contribution in [2.75, 3.05) is 5.32 Å². The van der Waals surface area contributed by atoms with Crippen molar-refractivity contribution in [3.63, 3.8) is 0 Å². The molecule has 1 aliphatic heterocycles. The Balaban J connectivity index is 2.55. The van der Waals surface area contributed by atoms with Crippen LogP contribution in [0.3, 0.4) is 0 Å². The molecule has 0 unspecified atom stereocenters. The maximum Gasteiger partial charge on any atom is 0.143 e. The first-order valence-electron chi connectivity index (χ1n) is 3.70. The number of thiocarbonyl (C=S) groups is 1. The lowest BCUT2D eigenvalue weighted by atomic mass is 10.2. The first-order valence-corrected chi connectivity index (χ1v) is 5.84. The van der Waals surface area contributed by atoms with Gasteiger partial charge in [-0.1, -0.05) is 58.1 Å². The molecule has 0 aliphatic carbocycles. The van der Waals surface area contributed by atoms with Gasteiger partial charge < -0.3 is 5.32 Å². The van der Waals surface area contributed by atoms with Crippen molar-refractivity contribution in [2.24, 2.45) is 0 Å². The zero-order chi connectivity index (χ0) is 9.26. The normalized spacial score (nSPS) is 18.2. The van der Waals surface area contributed by atoms with Crippen molar-refractivity contribution in [3.05, 3.63) is 34.8 Å². The Bertz CT molecular complexity index is 387. The average molecular weight is 272 g/mol. The van der Waals surface area contributed by atoms with Gasteiger partial charge in [0.15, 0.2) is 0 Å². The van der Waals surface area contributed by atoms with Gasteiger partial charge in [-0.15, -0.1) is 0 Å². The van der Waals surface area contributed by atoms with Crippen molar-refractivity contribution in [1.82, 2.24) is 0 Å². The van der Waals surface area contributed by atoms with Gasteiger partial charge in [0.25, 0.3) is 0 Å². The quantitative estimate of drug-likeness (QED) is 0.721. The van der Waals surface area contributed by atoms with Gasteiger partial charge in [0.1, 0.15) is 4.32 Å². The summed E-state index contributed by atoms with van der Waals surface area (Å²) >= 11 is 10.0. The van der Waals surface area contributed by atoms with Gasteiger partial charge in [-0.2, -0.15) is 0 Å². The van der Waals surface area contributed by atoms with Crippen molar-refractivity contribution < 1.29 is 0 Å². The van der Waals surface area contributed by atoms with Gasteiger partial charge in [0.05, 0.1) is 0 Å². The topological polar surface area (TPSA) is 12.0 Å². The second-order valence-electron chi connectivity index (χ2n) is 2.53. The van der Waals surface area contributed by atoms with Crippen LogP contribution < -0.4 is 5.32 Å². The molecule has 2 rings (SSSR count). The van der Waals surface area contributed by atoms with Crippen molar-refractivity contribution in [3.8, 4) is 0 Å². The van der Waals surface area contributed by atoms with Crippen molar-refractivity contribution >= 4 is 54.8 Å². The Hall–Kier alpha value is -0.320. The number of hydrogen-bond acceptors (Lipinski definition) is 2. The van der Waals surface area contributed by atoms with Crippen molar-refractivity contribution in [2.45, 2.75) is 0 Å². The molecule has 1 aromatic carbocycles. The van der Waals surface area contributed by atoms with Crippen LogP contribution in [0.2, 0.25) is 0 Å². The van der Waals surface area contributed by atoms with E-state index in [2.05, 4.69) is 27.3 Å². The SMILES string of the molecule is S=C1Nc2ccccc2/C(=C/Br)S1. The molecule has 0 aromatic heterocycles. The molecule has 13 heavy (non-hydrogen) atoms. The summed E-state index contributed by atoms with van der Waals surface area (Å²) in [6.45, 7) is 0. The van der Waals surface area contributed by atoms with Crippen LogP contribution in [0.1, 0.15) is 5.56 Å². The van der Waals surface area contributed by atoms with Crippen LogP contribution in [0.4, 0.5) is 5.69 Å². The molecule has 1 N–H and O–H groups in total.